The summed E-state index contributed by atoms with van der Waals surface area (Å²) in [6.45, 7) is 4.02. The van der Waals surface area contributed by atoms with E-state index in [1.54, 1.807) is 6.92 Å². The molecule has 10 N–H and O–H groups in total. The van der Waals surface area contributed by atoms with E-state index in [9.17, 15) is 29.1 Å². The summed E-state index contributed by atoms with van der Waals surface area (Å²) in [7, 11) is 0. The van der Waals surface area contributed by atoms with Gasteiger partial charge in [0.2, 0.25) is 23.6 Å². The van der Waals surface area contributed by atoms with Gasteiger partial charge in [0.25, 0.3) is 0 Å². The van der Waals surface area contributed by atoms with Crippen LogP contribution in [0.4, 0.5) is 0 Å². The fraction of sp³-hybridized carbons (Fsp3) is 0.773. The maximum absolute atomic E-state index is 13.1. The number of primary amides is 1. The van der Waals surface area contributed by atoms with Crippen LogP contribution in [0.2, 0.25) is 0 Å². The van der Waals surface area contributed by atoms with Gasteiger partial charge in [-0.25, -0.2) is 4.79 Å². The zero-order chi connectivity index (χ0) is 27.0. The molecular formula is C22H42N6O6S. The molecular weight excluding hydrogens is 476 g/mol. The number of nitrogens with one attached hydrogen (secondary N) is 3. The van der Waals surface area contributed by atoms with E-state index in [2.05, 4.69) is 16.0 Å². The standard InChI is InChI=1S/C22H42N6O6S/c1-4-13(2)18(21(32)27-16(22(33)34)10-12-35-3)28-20(31)15(7-5-6-11-23)26-19(30)14(24)8-9-17(25)29/h13-16,18H,4-12,23-24H2,1-3H3,(H2,25,29)(H,26,30)(H,27,32)(H,28,31)(H,33,34). The summed E-state index contributed by atoms with van der Waals surface area (Å²) in [4.78, 5) is 61.1. The summed E-state index contributed by atoms with van der Waals surface area (Å²) in [6.07, 6.45) is 4.01. The van der Waals surface area contributed by atoms with E-state index in [0.29, 0.717) is 31.6 Å². The molecule has 0 aromatic carbocycles. The lowest BCUT2D eigenvalue weighted by Crippen LogP contribution is -2.58. The van der Waals surface area contributed by atoms with Gasteiger partial charge in [0.05, 0.1) is 6.04 Å². The second-order valence-corrected chi connectivity index (χ2v) is 9.50. The highest BCUT2D eigenvalue weighted by Gasteiger charge is 2.32. The Balaban J connectivity index is 5.50. The van der Waals surface area contributed by atoms with Crippen LogP contribution in [0.15, 0.2) is 0 Å². The molecule has 5 atom stereocenters. The van der Waals surface area contributed by atoms with Crippen molar-refractivity contribution in [3.8, 4) is 0 Å². The van der Waals surface area contributed by atoms with Gasteiger partial charge in [-0.3, -0.25) is 19.2 Å². The normalized spacial score (nSPS) is 15.2. The Hall–Kier alpha value is -2.38. The molecule has 12 nitrogen and oxygen atoms in total. The number of carboxylic acids is 1. The molecule has 0 saturated carbocycles. The molecule has 0 radical (unpaired) electrons. The van der Waals surface area contributed by atoms with Crippen molar-refractivity contribution in [2.45, 2.75) is 83.0 Å². The lowest BCUT2D eigenvalue weighted by molar-refractivity contribution is -0.142. The van der Waals surface area contributed by atoms with E-state index in [4.69, 9.17) is 17.2 Å². The molecule has 35 heavy (non-hydrogen) atoms. The fourth-order valence-corrected chi connectivity index (χ4v) is 3.65. The molecule has 0 rings (SSSR count). The molecule has 0 bridgehead atoms. The van der Waals surface area contributed by atoms with Crippen molar-refractivity contribution in [1.82, 2.24) is 16.0 Å². The minimum Gasteiger partial charge on any atom is -0.480 e. The molecule has 0 aromatic rings. The SMILES string of the molecule is CCC(C)C(NC(=O)C(CCCCN)NC(=O)C(N)CCC(N)=O)C(=O)NC(CCSC)C(=O)O. The molecule has 0 aliphatic heterocycles. The zero-order valence-electron chi connectivity index (χ0n) is 20.9. The number of carbonyl (C=O) groups is 5. The number of unbranched alkanes of at least 4 members (excludes halogenated alkanes) is 1. The zero-order valence-corrected chi connectivity index (χ0v) is 21.7. The Kier molecular flexibility index (Phi) is 16.7. The molecule has 0 aliphatic carbocycles. The van der Waals surface area contributed by atoms with Crippen molar-refractivity contribution < 1.29 is 29.1 Å². The van der Waals surface area contributed by atoms with Crippen LogP contribution >= 0.6 is 11.8 Å². The van der Waals surface area contributed by atoms with Gasteiger partial charge in [0.1, 0.15) is 18.1 Å². The fourth-order valence-electron chi connectivity index (χ4n) is 3.18. The summed E-state index contributed by atoms with van der Waals surface area (Å²) in [5.41, 5.74) is 16.5. The molecule has 0 saturated heterocycles. The number of nitrogens with two attached hydrogens (primary N) is 3. The highest BCUT2D eigenvalue weighted by Crippen LogP contribution is 2.11. The minimum absolute atomic E-state index is 0.0306. The molecule has 13 heteroatoms. The van der Waals surface area contributed by atoms with Crippen molar-refractivity contribution in [3.05, 3.63) is 0 Å². The number of aliphatic carboxylic acids is 1. The lowest BCUT2D eigenvalue weighted by Gasteiger charge is -2.28. The predicted molar refractivity (Wildman–Crippen MR) is 135 cm³/mol. The monoisotopic (exact) mass is 518 g/mol. The summed E-state index contributed by atoms with van der Waals surface area (Å²) < 4.78 is 0. The first kappa shape index (κ1) is 32.6. The van der Waals surface area contributed by atoms with Crippen LogP contribution in [0.25, 0.3) is 0 Å². The molecule has 0 spiro atoms. The molecule has 0 aliphatic rings. The van der Waals surface area contributed by atoms with Crippen molar-refractivity contribution in [3.63, 3.8) is 0 Å². The quantitative estimate of drug-likeness (QED) is 0.105. The van der Waals surface area contributed by atoms with E-state index in [-0.39, 0.29) is 31.6 Å². The number of thioether (sulfide) groups is 1. The summed E-state index contributed by atoms with van der Waals surface area (Å²) >= 11 is 1.46. The number of hydrogen-bond donors (Lipinski definition) is 7. The van der Waals surface area contributed by atoms with Crippen LogP contribution in [0, 0.1) is 5.92 Å². The van der Waals surface area contributed by atoms with Gasteiger partial charge in [-0.1, -0.05) is 20.3 Å². The summed E-state index contributed by atoms with van der Waals surface area (Å²) in [6, 6.07) is -4.10. The van der Waals surface area contributed by atoms with Gasteiger partial charge in [-0.05, 0) is 56.6 Å². The topological polar surface area (TPSA) is 220 Å². The van der Waals surface area contributed by atoms with E-state index in [0.717, 1.165) is 0 Å². The van der Waals surface area contributed by atoms with Crippen molar-refractivity contribution >= 4 is 41.4 Å². The van der Waals surface area contributed by atoms with E-state index in [1.807, 2.05) is 13.2 Å². The maximum atomic E-state index is 13.1. The molecule has 0 fully saturated rings. The lowest BCUT2D eigenvalue weighted by atomic mass is 9.97. The van der Waals surface area contributed by atoms with Crippen LogP contribution in [-0.2, 0) is 24.0 Å². The molecule has 4 amide bonds. The van der Waals surface area contributed by atoms with Gasteiger partial charge in [0, 0.05) is 6.42 Å². The molecule has 0 aromatic heterocycles. The van der Waals surface area contributed by atoms with Gasteiger partial charge in [-0.15, -0.1) is 0 Å². The second kappa shape index (κ2) is 18.0. The van der Waals surface area contributed by atoms with Crippen LogP contribution in [-0.4, -0.2) is 77.4 Å². The van der Waals surface area contributed by atoms with E-state index >= 15 is 0 Å². The Morgan fingerprint density at radius 1 is 0.914 bits per heavy atom. The Labute approximate surface area is 211 Å². The van der Waals surface area contributed by atoms with Gasteiger partial charge >= 0.3 is 5.97 Å². The maximum Gasteiger partial charge on any atom is 0.326 e. The molecule has 5 unspecified atom stereocenters. The van der Waals surface area contributed by atoms with Crippen LogP contribution in [0.1, 0.15) is 58.8 Å². The van der Waals surface area contributed by atoms with Crippen molar-refractivity contribution in [2.24, 2.45) is 23.1 Å². The number of hydrogen-bond acceptors (Lipinski definition) is 8. The summed E-state index contributed by atoms with van der Waals surface area (Å²) in [5.74, 6) is -3.31. The number of rotatable bonds is 19. The third-order valence-electron chi connectivity index (χ3n) is 5.64. The Morgan fingerprint density at radius 2 is 1.54 bits per heavy atom. The third-order valence-corrected chi connectivity index (χ3v) is 6.28. The average Bonchev–Trinajstić information content (AvgIpc) is 2.81. The minimum atomic E-state index is -1.15. The van der Waals surface area contributed by atoms with Gasteiger partial charge in [-0.2, -0.15) is 11.8 Å². The Morgan fingerprint density at radius 3 is 2.06 bits per heavy atom. The molecule has 202 valence electrons. The number of carboxylic acid groups (broad SMARTS) is 1. The van der Waals surface area contributed by atoms with Crippen LogP contribution < -0.4 is 33.2 Å². The second-order valence-electron chi connectivity index (χ2n) is 8.51. The smallest absolute Gasteiger partial charge is 0.326 e. The number of amides is 4. The van der Waals surface area contributed by atoms with E-state index in [1.165, 1.54) is 11.8 Å². The molecule has 0 heterocycles. The highest BCUT2D eigenvalue weighted by molar-refractivity contribution is 7.98. The number of carbonyl (C=O) groups excluding carboxylic acids is 4. The first-order chi connectivity index (χ1) is 16.5. The summed E-state index contributed by atoms with van der Waals surface area (Å²) in [5, 5.41) is 17.2. The van der Waals surface area contributed by atoms with Gasteiger partial charge < -0.3 is 38.3 Å². The van der Waals surface area contributed by atoms with Crippen molar-refractivity contribution in [1.29, 1.82) is 0 Å². The Bertz CT molecular complexity index is 710. The largest absolute Gasteiger partial charge is 0.480 e. The first-order valence-electron chi connectivity index (χ1n) is 11.8. The van der Waals surface area contributed by atoms with Crippen LogP contribution in [0.5, 0.6) is 0 Å². The van der Waals surface area contributed by atoms with Crippen LogP contribution in [0.3, 0.4) is 0 Å². The third kappa shape index (κ3) is 13.3. The van der Waals surface area contributed by atoms with E-state index < -0.39 is 53.8 Å². The predicted octanol–water partition coefficient (Wildman–Crippen LogP) is -0.954. The average molecular weight is 519 g/mol. The van der Waals surface area contributed by atoms with Gasteiger partial charge in [0.15, 0.2) is 0 Å². The van der Waals surface area contributed by atoms with Crippen molar-refractivity contribution in [2.75, 3.05) is 18.6 Å². The highest BCUT2D eigenvalue weighted by atomic mass is 32.2. The first-order valence-corrected chi connectivity index (χ1v) is 13.2.